The lowest BCUT2D eigenvalue weighted by Crippen LogP contribution is -2.54. The van der Waals surface area contributed by atoms with Gasteiger partial charge in [-0.1, -0.05) is 127 Å². The third-order valence-electron chi connectivity index (χ3n) is 9.00. The number of carbonyl (C=O) groups excluding carboxylic acids is 3. The molecule has 2 aromatic carbocycles. The van der Waals surface area contributed by atoms with Crippen LogP contribution in [0, 0.1) is 23.2 Å². The van der Waals surface area contributed by atoms with E-state index in [0.717, 1.165) is 36.8 Å². The summed E-state index contributed by atoms with van der Waals surface area (Å²) in [5.41, 5.74) is 2.07. The number of carbonyl (C=O) groups is 3. The van der Waals surface area contributed by atoms with Crippen molar-refractivity contribution >= 4 is 17.7 Å². The highest BCUT2D eigenvalue weighted by Crippen LogP contribution is 2.29. The highest BCUT2D eigenvalue weighted by atomic mass is 16.3. The number of nitrogens with one attached hydrogen (secondary N) is 3. The van der Waals surface area contributed by atoms with Gasteiger partial charge in [0.25, 0.3) is 0 Å². The second-order valence-electron chi connectivity index (χ2n) is 14.5. The average Bonchev–Trinajstić information content (AvgIpc) is 3.03. The Morgan fingerprint density at radius 2 is 1.43 bits per heavy atom. The Morgan fingerprint density at radius 3 is 1.96 bits per heavy atom. The number of aliphatic hydroxyl groups excluding tert-OH is 1. The summed E-state index contributed by atoms with van der Waals surface area (Å²) in [7, 11) is 0. The van der Waals surface area contributed by atoms with Crippen molar-refractivity contribution in [1.29, 1.82) is 0 Å². The molecule has 46 heavy (non-hydrogen) atoms. The molecule has 0 aliphatic heterocycles. The van der Waals surface area contributed by atoms with Crippen molar-refractivity contribution in [3.63, 3.8) is 0 Å². The van der Waals surface area contributed by atoms with E-state index in [1.54, 1.807) is 6.08 Å². The molecule has 3 rings (SSSR count). The lowest BCUT2D eigenvalue weighted by Gasteiger charge is -2.32. The fourth-order valence-electron chi connectivity index (χ4n) is 6.28. The fraction of sp³-hybridized carbons (Fsp3) is 0.564. The molecule has 0 radical (unpaired) electrons. The molecule has 7 heteroatoms. The van der Waals surface area contributed by atoms with Gasteiger partial charge in [0.1, 0.15) is 6.04 Å². The van der Waals surface area contributed by atoms with Gasteiger partial charge in [-0.25, -0.2) is 0 Å². The average molecular weight is 632 g/mol. The topological polar surface area (TPSA) is 108 Å². The Bertz CT molecular complexity index is 1180. The summed E-state index contributed by atoms with van der Waals surface area (Å²) < 4.78 is 0. The van der Waals surface area contributed by atoms with Crippen LogP contribution in [0.3, 0.4) is 0 Å². The van der Waals surface area contributed by atoms with E-state index in [-0.39, 0.29) is 41.9 Å². The monoisotopic (exact) mass is 631 g/mol. The van der Waals surface area contributed by atoms with Crippen molar-refractivity contribution in [2.45, 2.75) is 110 Å². The van der Waals surface area contributed by atoms with E-state index in [9.17, 15) is 19.5 Å². The summed E-state index contributed by atoms with van der Waals surface area (Å²) in [5.74, 6) is -1.02. The summed E-state index contributed by atoms with van der Waals surface area (Å²) in [6, 6.07) is 18.5. The predicted molar refractivity (Wildman–Crippen MR) is 186 cm³/mol. The van der Waals surface area contributed by atoms with Crippen LogP contribution in [-0.4, -0.2) is 47.6 Å². The smallest absolute Gasteiger partial charge is 0.243 e. The Kier molecular flexibility index (Phi) is 15.0. The Labute approximate surface area is 277 Å². The molecule has 0 heterocycles. The van der Waals surface area contributed by atoms with Gasteiger partial charge in [0, 0.05) is 18.4 Å². The van der Waals surface area contributed by atoms with E-state index in [1.165, 1.54) is 6.42 Å². The lowest BCUT2D eigenvalue weighted by molar-refractivity contribution is -0.132. The highest BCUT2D eigenvalue weighted by Gasteiger charge is 2.32. The molecule has 4 N–H and O–H groups in total. The molecule has 1 aliphatic rings. The van der Waals surface area contributed by atoms with Gasteiger partial charge in [-0.3, -0.25) is 14.4 Å². The van der Waals surface area contributed by atoms with Gasteiger partial charge in [-0.05, 0) is 54.6 Å². The maximum absolute atomic E-state index is 13.8. The van der Waals surface area contributed by atoms with Crippen LogP contribution in [0.5, 0.6) is 0 Å². The van der Waals surface area contributed by atoms with E-state index in [1.807, 2.05) is 67.6 Å². The van der Waals surface area contributed by atoms with Gasteiger partial charge in [-0.2, -0.15) is 0 Å². The van der Waals surface area contributed by atoms with Crippen LogP contribution in [0.2, 0.25) is 0 Å². The number of hydrogen-bond donors (Lipinski definition) is 4. The molecule has 0 saturated heterocycles. The second kappa shape index (κ2) is 18.6. The SMILES string of the molecule is C=CC[C@H](NC(=O)C(Cc1ccccc1)Cc1ccccc1)C(=O)N[C@@H](CC1CCCCC1)[C@@H](O)C[C@@H](C)C(=O)NCC(C)(C)C. The second-order valence-corrected chi connectivity index (χ2v) is 14.5. The number of aliphatic hydroxyl groups is 1. The van der Waals surface area contributed by atoms with Crippen molar-refractivity contribution < 1.29 is 19.5 Å². The molecular weight excluding hydrogens is 574 g/mol. The first-order valence-corrected chi connectivity index (χ1v) is 17.2. The zero-order chi connectivity index (χ0) is 33.5. The first-order valence-electron chi connectivity index (χ1n) is 17.2. The van der Waals surface area contributed by atoms with Crippen molar-refractivity contribution in [2.24, 2.45) is 23.2 Å². The number of hydrogen-bond acceptors (Lipinski definition) is 4. The van der Waals surface area contributed by atoms with Crippen LogP contribution in [0.25, 0.3) is 0 Å². The molecule has 4 atom stereocenters. The van der Waals surface area contributed by atoms with Crippen molar-refractivity contribution in [1.82, 2.24) is 16.0 Å². The maximum Gasteiger partial charge on any atom is 0.243 e. The normalized spacial score (nSPS) is 16.6. The zero-order valence-electron chi connectivity index (χ0n) is 28.5. The molecule has 0 spiro atoms. The lowest BCUT2D eigenvalue weighted by atomic mass is 9.82. The van der Waals surface area contributed by atoms with Crippen LogP contribution in [0.4, 0.5) is 0 Å². The van der Waals surface area contributed by atoms with Crippen LogP contribution in [-0.2, 0) is 27.2 Å². The van der Waals surface area contributed by atoms with Crippen molar-refractivity contribution in [3.8, 4) is 0 Å². The number of rotatable bonds is 17. The minimum Gasteiger partial charge on any atom is -0.391 e. The molecule has 7 nitrogen and oxygen atoms in total. The minimum atomic E-state index is -0.898. The third kappa shape index (κ3) is 13.1. The summed E-state index contributed by atoms with van der Waals surface area (Å²) >= 11 is 0. The summed E-state index contributed by atoms with van der Waals surface area (Å²) in [5, 5.41) is 20.6. The molecule has 0 aromatic heterocycles. The molecule has 0 unspecified atom stereocenters. The van der Waals surface area contributed by atoms with E-state index in [0.29, 0.717) is 31.7 Å². The highest BCUT2D eigenvalue weighted by molar-refractivity contribution is 5.89. The summed E-state index contributed by atoms with van der Waals surface area (Å²) in [6.07, 6.45) is 8.60. The Hall–Kier alpha value is -3.45. The van der Waals surface area contributed by atoms with E-state index in [2.05, 4.69) is 43.3 Å². The van der Waals surface area contributed by atoms with Crippen molar-refractivity contribution in [2.75, 3.05) is 6.54 Å². The molecule has 3 amide bonds. The van der Waals surface area contributed by atoms with Gasteiger partial charge >= 0.3 is 0 Å². The van der Waals surface area contributed by atoms with Gasteiger partial charge in [-0.15, -0.1) is 6.58 Å². The Morgan fingerprint density at radius 1 is 0.870 bits per heavy atom. The standard InChI is InChI=1S/C39H57N3O4/c1-6-16-33(41-37(45)32(24-29-17-10-7-11-18-29)25-30-19-12-8-13-20-30)38(46)42-34(26-31-21-14-9-15-22-31)35(43)23-28(2)36(44)40-27-39(3,4)5/h6-8,10-13,17-20,28,31-35,43H,1,9,14-16,21-27H2,2-5H3,(H,40,44)(H,41,45)(H,42,46)/t28-,33+,34+,35+/m1/s1. The van der Waals surface area contributed by atoms with E-state index in [4.69, 9.17) is 0 Å². The minimum absolute atomic E-state index is 0.0444. The molecule has 1 saturated carbocycles. The number of benzene rings is 2. The summed E-state index contributed by atoms with van der Waals surface area (Å²) in [4.78, 5) is 40.5. The Balaban J connectivity index is 1.73. The fourth-order valence-corrected chi connectivity index (χ4v) is 6.28. The molecular formula is C39H57N3O4. The van der Waals surface area contributed by atoms with Gasteiger partial charge in [0.2, 0.25) is 17.7 Å². The van der Waals surface area contributed by atoms with Crippen molar-refractivity contribution in [3.05, 3.63) is 84.4 Å². The van der Waals surface area contributed by atoms with Crippen LogP contribution in [0.15, 0.2) is 73.3 Å². The van der Waals surface area contributed by atoms with Crippen LogP contribution >= 0.6 is 0 Å². The number of amides is 3. The van der Waals surface area contributed by atoms with Crippen LogP contribution < -0.4 is 16.0 Å². The predicted octanol–water partition coefficient (Wildman–Crippen LogP) is 6.15. The van der Waals surface area contributed by atoms with Gasteiger partial charge in [0.05, 0.1) is 12.1 Å². The molecule has 1 fully saturated rings. The van der Waals surface area contributed by atoms with E-state index < -0.39 is 24.1 Å². The summed E-state index contributed by atoms with van der Waals surface area (Å²) in [6.45, 7) is 12.4. The molecule has 2 aromatic rings. The maximum atomic E-state index is 13.8. The molecule has 252 valence electrons. The first-order chi connectivity index (χ1) is 21.9. The largest absolute Gasteiger partial charge is 0.391 e. The van der Waals surface area contributed by atoms with Gasteiger partial charge in [0.15, 0.2) is 0 Å². The third-order valence-corrected chi connectivity index (χ3v) is 9.00. The van der Waals surface area contributed by atoms with Crippen LogP contribution in [0.1, 0.15) is 90.2 Å². The zero-order valence-corrected chi connectivity index (χ0v) is 28.5. The molecule has 1 aliphatic carbocycles. The molecule has 0 bridgehead atoms. The first kappa shape index (κ1) is 37.0. The van der Waals surface area contributed by atoms with E-state index >= 15 is 0 Å². The van der Waals surface area contributed by atoms with Gasteiger partial charge < -0.3 is 21.1 Å². The quantitative estimate of drug-likeness (QED) is 0.157.